The van der Waals surface area contributed by atoms with Crippen LogP contribution in [0.3, 0.4) is 0 Å². The predicted octanol–water partition coefficient (Wildman–Crippen LogP) is 2.40. The third kappa shape index (κ3) is 5.06. The van der Waals surface area contributed by atoms with Crippen molar-refractivity contribution in [3.05, 3.63) is 58.9 Å². The molecule has 0 bridgehead atoms. The number of benzene rings is 1. The highest BCUT2D eigenvalue weighted by atomic mass is 16.5. The summed E-state index contributed by atoms with van der Waals surface area (Å²) >= 11 is 0. The van der Waals surface area contributed by atoms with E-state index >= 15 is 0 Å². The number of hydrogen-bond acceptors (Lipinski definition) is 4. The summed E-state index contributed by atoms with van der Waals surface area (Å²) in [6.45, 7) is 6.75. The fraction of sp³-hybridized carbons (Fsp3) is 0.368. The van der Waals surface area contributed by atoms with Gasteiger partial charge in [0.05, 0.1) is 0 Å². The molecule has 0 aliphatic rings. The van der Waals surface area contributed by atoms with Gasteiger partial charge < -0.3 is 15.8 Å². The number of nitrogens with two attached hydrogens (primary N) is 1. The van der Waals surface area contributed by atoms with Gasteiger partial charge in [0.15, 0.2) is 0 Å². The molecule has 24 heavy (non-hydrogen) atoms. The third-order valence-corrected chi connectivity index (χ3v) is 3.66. The van der Waals surface area contributed by atoms with Crippen LogP contribution in [-0.2, 0) is 6.42 Å². The highest BCUT2D eigenvalue weighted by Crippen LogP contribution is 2.19. The van der Waals surface area contributed by atoms with Crippen molar-refractivity contribution in [2.45, 2.75) is 33.2 Å². The molecule has 5 nitrogen and oxygen atoms in total. The Morgan fingerprint density at radius 1 is 1.29 bits per heavy atom. The van der Waals surface area contributed by atoms with Gasteiger partial charge in [0.1, 0.15) is 12.4 Å². The molecular formula is C19H25N3O2. The lowest BCUT2D eigenvalue weighted by Gasteiger charge is -2.15. The minimum Gasteiger partial charge on any atom is -0.492 e. The van der Waals surface area contributed by atoms with Gasteiger partial charge in [0, 0.05) is 36.0 Å². The molecule has 0 aliphatic heterocycles. The highest BCUT2D eigenvalue weighted by molar-refractivity contribution is 5.94. The lowest BCUT2D eigenvalue weighted by Crippen LogP contribution is -2.34. The van der Waals surface area contributed by atoms with Crippen molar-refractivity contribution in [3.63, 3.8) is 0 Å². The second kappa shape index (κ2) is 8.45. The molecule has 1 aromatic heterocycles. The van der Waals surface area contributed by atoms with Crippen LogP contribution in [0.15, 0.2) is 36.4 Å². The zero-order valence-electron chi connectivity index (χ0n) is 14.5. The monoisotopic (exact) mass is 327 g/mol. The van der Waals surface area contributed by atoms with E-state index in [1.54, 1.807) is 12.1 Å². The summed E-state index contributed by atoms with van der Waals surface area (Å²) in [7, 11) is 0. The van der Waals surface area contributed by atoms with Crippen LogP contribution in [0.1, 0.15) is 34.2 Å². The van der Waals surface area contributed by atoms with Gasteiger partial charge in [-0.3, -0.25) is 9.78 Å². The number of amides is 1. The van der Waals surface area contributed by atoms with Crippen LogP contribution in [0.25, 0.3) is 0 Å². The van der Waals surface area contributed by atoms with Crippen LogP contribution in [-0.4, -0.2) is 30.1 Å². The molecule has 1 atom stereocenters. The first-order valence-electron chi connectivity index (χ1n) is 8.16. The topological polar surface area (TPSA) is 77.2 Å². The van der Waals surface area contributed by atoms with Crippen molar-refractivity contribution in [1.29, 1.82) is 0 Å². The quantitative estimate of drug-likeness (QED) is 0.818. The van der Waals surface area contributed by atoms with E-state index in [1.165, 1.54) is 0 Å². The number of carbonyl (C=O) groups is 1. The number of nitrogens with zero attached hydrogens (tertiary/aromatic N) is 1. The Bertz CT molecular complexity index is 701. The molecule has 128 valence electrons. The molecule has 1 heterocycles. The maximum atomic E-state index is 12.4. The van der Waals surface area contributed by atoms with E-state index in [9.17, 15) is 4.79 Å². The SMILES string of the molecule is Cc1cccc(CC(C)NC(=O)c2ccc(C)c(OCCN)c2)n1. The van der Waals surface area contributed by atoms with Crippen LogP contribution in [0.5, 0.6) is 5.75 Å². The number of aryl methyl sites for hydroxylation is 2. The molecule has 0 spiro atoms. The summed E-state index contributed by atoms with van der Waals surface area (Å²) in [5.74, 6) is 0.578. The molecule has 5 heteroatoms. The Labute approximate surface area is 143 Å². The lowest BCUT2D eigenvalue weighted by atomic mass is 10.1. The second-order valence-corrected chi connectivity index (χ2v) is 5.97. The smallest absolute Gasteiger partial charge is 0.251 e. The Hall–Kier alpha value is -2.40. The van der Waals surface area contributed by atoms with E-state index < -0.39 is 0 Å². The van der Waals surface area contributed by atoms with E-state index in [0.717, 1.165) is 17.0 Å². The fourth-order valence-corrected chi connectivity index (χ4v) is 2.45. The van der Waals surface area contributed by atoms with E-state index in [4.69, 9.17) is 10.5 Å². The molecule has 1 amide bonds. The summed E-state index contributed by atoms with van der Waals surface area (Å²) in [6, 6.07) is 11.3. The molecule has 2 rings (SSSR count). The fourth-order valence-electron chi connectivity index (χ4n) is 2.45. The molecule has 3 N–H and O–H groups in total. The number of aromatic nitrogens is 1. The van der Waals surface area contributed by atoms with E-state index in [0.29, 0.717) is 30.9 Å². The van der Waals surface area contributed by atoms with Crippen molar-refractivity contribution in [2.24, 2.45) is 5.73 Å². The summed E-state index contributed by atoms with van der Waals surface area (Å²) in [4.78, 5) is 16.9. The normalized spacial score (nSPS) is 11.8. The van der Waals surface area contributed by atoms with Gasteiger partial charge in [0.2, 0.25) is 0 Å². The number of hydrogen-bond donors (Lipinski definition) is 2. The molecule has 0 radical (unpaired) electrons. The van der Waals surface area contributed by atoms with Crippen molar-refractivity contribution in [2.75, 3.05) is 13.2 Å². The average Bonchev–Trinajstić information content (AvgIpc) is 2.53. The van der Waals surface area contributed by atoms with Gasteiger partial charge in [-0.15, -0.1) is 0 Å². The van der Waals surface area contributed by atoms with Gasteiger partial charge in [-0.05, 0) is 50.6 Å². The van der Waals surface area contributed by atoms with Crippen LogP contribution >= 0.6 is 0 Å². The number of nitrogens with one attached hydrogen (secondary N) is 1. The maximum absolute atomic E-state index is 12.4. The molecule has 2 aromatic rings. The first-order chi connectivity index (χ1) is 11.5. The van der Waals surface area contributed by atoms with Gasteiger partial charge in [-0.25, -0.2) is 0 Å². The van der Waals surface area contributed by atoms with E-state index in [-0.39, 0.29) is 11.9 Å². The van der Waals surface area contributed by atoms with Gasteiger partial charge in [-0.2, -0.15) is 0 Å². The summed E-state index contributed by atoms with van der Waals surface area (Å²) in [5.41, 5.74) is 8.98. The lowest BCUT2D eigenvalue weighted by molar-refractivity contribution is 0.0939. The second-order valence-electron chi connectivity index (χ2n) is 5.97. The minimum absolute atomic E-state index is 0.0125. The van der Waals surface area contributed by atoms with Crippen LogP contribution in [0.2, 0.25) is 0 Å². The van der Waals surface area contributed by atoms with E-state index in [1.807, 2.05) is 45.0 Å². The van der Waals surface area contributed by atoms with Gasteiger partial charge in [-0.1, -0.05) is 12.1 Å². The first-order valence-corrected chi connectivity index (χ1v) is 8.16. The number of pyridine rings is 1. The summed E-state index contributed by atoms with van der Waals surface area (Å²) < 4.78 is 5.58. The molecule has 0 saturated carbocycles. The first kappa shape index (κ1) is 17.9. The van der Waals surface area contributed by atoms with Crippen molar-refractivity contribution in [3.8, 4) is 5.75 Å². The summed E-state index contributed by atoms with van der Waals surface area (Å²) in [6.07, 6.45) is 0.690. The standard InChI is InChI=1S/C19H25N3O2/c1-13-7-8-16(12-18(13)24-10-9-20)19(23)22-15(3)11-17-6-4-5-14(2)21-17/h4-8,12,15H,9-11,20H2,1-3H3,(H,22,23). The number of ether oxygens (including phenoxy) is 1. The van der Waals surface area contributed by atoms with Crippen LogP contribution < -0.4 is 15.8 Å². The number of carbonyl (C=O) groups excluding carboxylic acids is 1. The van der Waals surface area contributed by atoms with Crippen molar-refractivity contribution >= 4 is 5.91 Å². The Balaban J connectivity index is 2.00. The van der Waals surface area contributed by atoms with Crippen LogP contribution in [0, 0.1) is 13.8 Å². The zero-order valence-corrected chi connectivity index (χ0v) is 14.5. The predicted molar refractivity (Wildman–Crippen MR) is 95.3 cm³/mol. The zero-order chi connectivity index (χ0) is 17.5. The minimum atomic E-state index is -0.118. The summed E-state index contributed by atoms with van der Waals surface area (Å²) in [5, 5.41) is 3.01. The largest absolute Gasteiger partial charge is 0.492 e. The van der Waals surface area contributed by atoms with Gasteiger partial charge in [0.25, 0.3) is 5.91 Å². The molecule has 0 aliphatic carbocycles. The Kier molecular flexibility index (Phi) is 6.32. The Morgan fingerprint density at radius 3 is 2.79 bits per heavy atom. The van der Waals surface area contributed by atoms with Gasteiger partial charge >= 0.3 is 0 Å². The maximum Gasteiger partial charge on any atom is 0.251 e. The molecule has 1 aromatic carbocycles. The van der Waals surface area contributed by atoms with Crippen LogP contribution in [0.4, 0.5) is 0 Å². The molecule has 0 fully saturated rings. The molecular weight excluding hydrogens is 302 g/mol. The van der Waals surface area contributed by atoms with Crippen molar-refractivity contribution < 1.29 is 9.53 Å². The highest BCUT2D eigenvalue weighted by Gasteiger charge is 2.13. The van der Waals surface area contributed by atoms with Crippen molar-refractivity contribution in [1.82, 2.24) is 10.3 Å². The Morgan fingerprint density at radius 2 is 2.08 bits per heavy atom. The molecule has 1 unspecified atom stereocenters. The third-order valence-electron chi connectivity index (χ3n) is 3.66. The average molecular weight is 327 g/mol. The molecule has 0 saturated heterocycles. The number of rotatable bonds is 7. The van der Waals surface area contributed by atoms with E-state index in [2.05, 4.69) is 10.3 Å².